The molecule has 3 aromatic rings. The van der Waals surface area contributed by atoms with E-state index in [1.165, 1.54) is 0 Å². The summed E-state index contributed by atoms with van der Waals surface area (Å²) in [6, 6.07) is 9.49. The molecule has 2 aromatic heterocycles. The van der Waals surface area contributed by atoms with E-state index in [0.29, 0.717) is 18.8 Å². The number of alkyl halides is 1. The van der Waals surface area contributed by atoms with Gasteiger partial charge in [0, 0.05) is 29.3 Å². The molecule has 144 valence electrons. The van der Waals surface area contributed by atoms with Crippen LogP contribution in [-0.4, -0.2) is 39.9 Å². The van der Waals surface area contributed by atoms with E-state index in [4.69, 9.17) is 5.10 Å². The van der Waals surface area contributed by atoms with E-state index < -0.39 is 11.6 Å². The molecular formula is C21H22FN5O. The summed E-state index contributed by atoms with van der Waals surface area (Å²) in [5.74, 6) is 0.504. The number of para-hydroxylation sites is 1. The van der Waals surface area contributed by atoms with Gasteiger partial charge in [-0.1, -0.05) is 18.2 Å². The summed E-state index contributed by atoms with van der Waals surface area (Å²) >= 11 is 0. The zero-order valence-corrected chi connectivity index (χ0v) is 15.9. The molecule has 0 radical (unpaired) electrons. The Morgan fingerprint density at radius 3 is 2.89 bits per heavy atom. The second-order valence-corrected chi connectivity index (χ2v) is 8.05. The molecule has 1 saturated heterocycles. The van der Waals surface area contributed by atoms with Gasteiger partial charge in [-0.2, -0.15) is 5.10 Å². The number of hydrogen-bond acceptors (Lipinski definition) is 4. The molecule has 0 bridgehead atoms. The molecule has 4 heterocycles. The number of aromatic nitrogens is 3. The van der Waals surface area contributed by atoms with Crippen LogP contribution in [0.1, 0.15) is 31.9 Å². The van der Waals surface area contributed by atoms with Gasteiger partial charge in [-0.05, 0) is 38.9 Å². The lowest BCUT2D eigenvalue weighted by Gasteiger charge is -2.27. The fourth-order valence-corrected chi connectivity index (χ4v) is 4.39. The lowest BCUT2D eigenvalue weighted by atomic mass is 9.83. The van der Waals surface area contributed by atoms with Gasteiger partial charge in [0.1, 0.15) is 17.7 Å². The van der Waals surface area contributed by atoms with Crippen LogP contribution in [0.2, 0.25) is 0 Å². The summed E-state index contributed by atoms with van der Waals surface area (Å²) in [4.78, 5) is 16.8. The third-order valence-electron chi connectivity index (χ3n) is 5.93. The largest absolute Gasteiger partial charge is 0.314 e. The van der Waals surface area contributed by atoms with Crippen molar-refractivity contribution in [1.82, 2.24) is 20.1 Å². The molecule has 2 N–H and O–H groups in total. The molecule has 0 saturated carbocycles. The van der Waals surface area contributed by atoms with Gasteiger partial charge in [0.15, 0.2) is 0 Å². The van der Waals surface area contributed by atoms with E-state index in [0.717, 1.165) is 34.3 Å². The highest BCUT2D eigenvalue weighted by molar-refractivity contribution is 6.08. The van der Waals surface area contributed by atoms with Gasteiger partial charge in [0.05, 0.1) is 17.0 Å². The Morgan fingerprint density at radius 1 is 1.25 bits per heavy atom. The Morgan fingerprint density at radius 2 is 2.07 bits per heavy atom. The van der Waals surface area contributed by atoms with Crippen molar-refractivity contribution >= 4 is 22.6 Å². The quantitative estimate of drug-likeness (QED) is 0.717. The Hall–Kier alpha value is -2.80. The van der Waals surface area contributed by atoms with Crippen molar-refractivity contribution in [2.75, 3.05) is 18.4 Å². The highest BCUT2D eigenvalue weighted by atomic mass is 19.1. The second-order valence-electron chi connectivity index (χ2n) is 8.05. The topological polar surface area (TPSA) is 71.8 Å². The first-order valence-corrected chi connectivity index (χ1v) is 9.62. The van der Waals surface area contributed by atoms with Gasteiger partial charge in [-0.3, -0.25) is 9.48 Å². The number of nitrogens with zero attached hydrogens (tertiary/aromatic N) is 3. The number of nitrogens with one attached hydrogen (secondary N) is 2. The first-order valence-electron chi connectivity index (χ1n) is 9.62. The first kappa shape index (κ1) is 17.3. The lowest BCUT2D eigenvalue weighted by Crippen LogP contribution is -2.39. The highest BCUT2D eigenvalue weighted by Gasteiger charge is 2.42. The molecule has 7 heteroatoms. The number of hydrogen-bond donors (Lipinski definition) is 2. The standard InChI is InChI=1S/C21H22FN5O/c1-21(2)17-13(7-10-24-19(17)25-20(21)28)18-12-5-3-4-6-15(12)27(26-18)16-8-9-23-11-14(16)22/h3-7,10,14,16,23H,8-9,11H2,1-2H3,(H,24,25,28). The molecule has 0 spiro atoms. The molecule has 28 heavy (non-hydrogen) atoms. The van der Waals surface area contributed by atoms with Gasteiger partial charge in [0.2, 0.25) is 5.91 Å². The number of anilines is 1. The number of halogens is 1. The van der Waals surface area contributed by atoms with Crippen LogP contribution in [-0.2, 0) is 10.2 Å². The van der Waals surface area contributed by atoms with Crippen LogP contribution in [0.5, 0.6) is 0 Å². The number of amides is 1. The van der Waals surface area contributed by atoms with Crippen LogP contribution in [0, 0.1) is 0 Å². The van der Waals surface area contributed by atoms with Gasteiger partial charge in [-0.15, -0.1) is 0 Å². The van der Waals surface area contributed by atoms with E-state index in [1.54, 1.807) is 6.20 Å². The number of rotatable bonds is 2. The normalized spacial score (nSPS) is 23.6. The van der Waals surface area contributed by atoms with E-state index in [1.807, 2.05) is 48.9 Å². The van der Waals surface area contributed by atoms with E-state index in [9.17, 15) is 9.18 Å². The predicted octanol–water partition coefficient (Wildman–Crippen LogP) is 3.20. The van der Waals surface area contributed by atoms with E-state index >= 15 is 0 Å². The summed E-state index contributed by atoms with van der Waals surface area (Å²) in [6.45, 7) is 4.89. The van der Waals surface area contributed by atoms with Crippen molar-refractivity contribution in [1.29, 1.82) is 0 Å². The number of benzene rings is 1. The third kappa shape index (κ3) is 2.39. The summed E-state index contributed by atoms with van der Waals surface area (Å²) in [7, 11) is 0. The third-order valence-corrected chi connectivity index (χ3v) is 5.93. The predicted molar refractivity (Wildman–Crippen MR) is 106 cm³/mol. The Bertz CT molecular complexity index is 1090. The summed E-state index contributed by atoms with van der Waals surface area (Å²) in [5.41, 5.74) is 2.68. The van der Waals surface area contributed by atoms with E-state index in [-0.39, 0.29) is 11.9 Å². The Labute approximate surface area is 162 Å². The first-order chi connectivity index (χ1) is 13.5. The number of piperidine rings is 1. The average Bonchev–Trinajstić information content (AvgIpc) is 3.18. The van der Waals surface area contributed by atoms with Crippen molar-refractivity contribution in [2.45, 2.75) is 37.9 Å². The Balaban J connectivity index is 1.75. The molecule has 0 aliphatic carbocycles. The SMILES string of the molecule is CC1(C)C(=O)Nc2nccc(-c3nn(C4CCNCC4F)c4ccccc34)c21. The second kappa shape index (κ2) is 6.10. The van der Waals surface area contributed by atoms with Gasteiger partial charge >= 0.3 is 0 Å². The number of carbonyl (C=O) groups is 1. The minimum Gasteiger partial charge on any atom is -0.314 e. The number of carbonyl (C=O) groups excluding carboxylic acids is 1. The maximum absolute atomic E-state index is 14.7. The van der Waals surface area contributed by atoms with E-state index in [2.05, 4.69) is 15.6 Å². The fourth-order valence-electron chi connectivity index (χ4n) is 4.39. The van der Waals surface area contributed by atoms with Crippen molar-refractivity contribution in [2.24, 2.45) is 0 Å². The van der Waals surface area contributed by atoms with Crippen LogP contribution in [0.25, 0.3) is 22.2 Å². The van der Waals surface area contributed by atoms with Crippen molar-refractivity contribution in [3.8, 4) is 11.3 Å². The van der Waals surface area contributed by atoms with Crippen molar-refractivity contribution in [3.05, 3.63) is 42.1 Å². The average molecular weight is 379 g/mol. The molecule has 2 atom stereocenters. The van der Waals surface area contributed by atoms with Crippen LogP contribution >= 0.6 is 0 Å². The monoisotopic (exact) mass is 379 g/mol. The number of fused-ring (bicyclic) bond motifs is 2. The molecule has 2 aliphatic heterocycles. The van der Waals surface area contributed by atoms with Crippen molar-refractivity contribution in [3.63, 3.8) is 0 Å². The molecule has 1 fully saturated rings. The van der Waals surface area contributed by atoms with Gasteiger partial charge < -0.3 is 10.6 Å². The van der Waals surface area contributed by atoms with Crippen molar-refractivity contribution < 1.29 is 9.18 Å². The zero-order chi connectivity index (χ0) is 19.5. The maximum atomic E-state index is 14.7. The molecule has 1 amide bonds. The lowest BCUT2D eigenvalue weighted by molar-refractivity contribution is -0.119. The highest BCUT2D eigenvalue weighted by Crippen LogP contribution is 2.44. The molecule has 1 aromatic carbocycles. The zero-order valence-electron chi connectivity index (χ0n) is 15.9. The van der Waals surface area contributed by atoms with Crippen LogP contribution in [0.15, 0.2) is 36.5 Å². The van der Waals surface area contributed by atoms with Gasteiger partial charge in [0.25, 0.3) is 0 Å². The molecule has 2 unspecified atom stereocenters. The summed E-state index contributed by atoms with van der Waals surface area (Å²) in [6.07, 6.45) is 1.38. The minimum atomic E-state index is -0.993. The molecule has 5 rings (SSSR count). The Kier molecular flexibility index (Phi) is 3.77. The van der Waals surface area contributed by atoms with Crippen LogP contribution in [0.4, 0.5) is 10.2 Å². The van der Waals surface area contributed by atoms with Gasteiger partial charge in [-0.25, -0.2) is 9.37 Å². The molecular weight excluding hydrogens is 357 g/mol. The van der Waals surface area contributed by atoms with Crippen LogP contribution < -0.4 is 10.6 Å². The summed E-state index contributed by atoms with van der Waals surface area (Å²) in [5, 5.41) is 11.8. The van der Waals surface area contributed by atoms with Crippen LogP contribution in [0.3, 0.4) is 0 Å². The number of pyridine rings is 1. The summed E-state index contributed by atoms with van der Waals surface area (Å²) < 4.78 is 16.5. The fraction of sp³-hybridized carbons (Fsp3) is 0.381. The smallest absolute Gasteiger partial charge is 0.235 e. The minimum absolute atomic E-state index is 0.0756. The molecule has 2 aliphatic rings. The molecule has 6 nitrogen and oxygen atoms in total. The maximum Gasteiger partial charge on any atom is 0.235 e.